The lowest BCUT2D eigenvalue weighted by Gasteiger charge is -2.19. The standard InChI is InChI=1S/C62H44N6/c1-38-15-25-56-50(31-38)51-32-39(2)16-26-57(51)67(56)54-29-23-46(35-48(54)43-21-19-42(37-63)20-22-43)49-36-47(62-65-60(44-11-7-5-8-12-44)64-61(66-62)45-13-9-6-10-14-45)24-30-55(49)68-58-27-17-40(3)33-52(58)53-34-41(4)18-28-59(53)68/h5-36H,1-4H3. The van der Waals surface area contributed by atoms with Gasteiger partial charge in [-0.3, -0.25) is 0 Å². The van der Waals surface area contributed by atoms with Crippen molar-refractivity contribution in [3.05, 3.63) is 222 Å². The summed E-state index contributed by atoms with van der Waals surface area (Å²) in [6.45, 7) is 8.63. The first-order chi connectivity index (χ1) is 33.3. The number of hydrogen-bond donors (Lipinski definition) is 0. The van der Waals surface area contributed by atoms with E-state index in [-0.39, 0.29) is 0 Å². The molecule has 12 aromatic rings. The molecule has 0 bridgehead atoms. The third kappa shape index (κ3) is 6.92. The fourth-order valence-electron chi connectivity index (χ4n) is 9.91. The van der Waals surface area contributed by atoms with E-state index in [1.165, 1.54) is 43.8 Å². The van der Waals surface area contributed by atoms with Crippen LogP contribution in [0, 0.1) is 39.0 Å². The van der Waals surface area contributed by atoms with Gasteiger partial charge in [-0.1, -0.05) is 125 Å². The molecule has 6 nitrogen and oxygen atoms in total. The van der Waals surface area contributed by atoms with E-state index < -0.39 is 0 Å². The first kappa shape index (κ1) is 40.6. The van der Waals surface area contributed by atoms with E-state index in [1.54, 1.807) is 0 Å². The molecule has 6 heteroatoms. The van der Waals surface area contributed by atoms with E-state index in [4.69, 9.17) is 15.0 Å². The molecule has 0 aliphatic carbocycles. The Morgan fingerprint density at radius 3 is 1.10 bits per heavy atom. The molecular formula is C62H44N6. The normalized spacial score (nSPS) is 11.5. The largest absolute Gasteiger partial charge is 0.309 e. The lowest BCUT2D eigenvalue weighted by atomic mass is 9.94. The number of nitrogens with zero attached hydrogens (tertiary/aromatic N) is 6. The smallest absolute Gasteiger partial charge is 0.164 e. The molecule has 0 aliphatic rings. The van der Waals surface area contributed by atoms with Gasteiger partial charge in [0.25, 0.3) is 0 Å². The maximum absolute atomic E-state index is 9.89. The van der Waals surface area contributed by atoms with Crippen LogP contribution in [0.4, 0.5) is 0 Å². The zero-order valence-electron chi connectivity index (χ0n) is 38.2. The summed E-state index contributed by atoms with van der Waals surface area (Å²) < 4.78 is 4.81. The van der Waals surface area contributed by atoms with Crippen LogP contribution in [0.2, 0.25) is 0 Å². The molecule has 0 unspecified atom stereocenters. The van der Waals surface area contributed by atoms with E-state index >= 15 is 0 Å². The number of fused-ring (bicyclic) bond motifs is 6. The van der Waals surface area contributed by atoms with Crippen molar-refractivity contribution in [2.75, 3.05) is 0 Å². The van der Waals surface area contributed by atoms with Crippen LogP contribution >= 0.6 is 0 Å². The third-order valence-electron chi connectivity index (χ3n) is 13.2. The molecule has 0 fully saturated rings. The van der Waals surface area contributed by atoms with Crippen molar-refractivity contribution in [3.8, 4) is 73.9 Å². The van der Waals surface area contributed by atoms with Gasteiger partial charge in [0.15, 0.2) is 17.5 Å². The molecule has 3 aromatic heterocycles. The van der Waals surface area contributed by atoms with Crippen LogP contribution < -0.4 is 0 Å². The van der Waals surface area contributed by atoms with Crippen LogP contribution in [-0.2, 0) is 0 Å². The second kappa shape index (κ2) is 16.2. The minimum atomic E-state index is 0.582. The number of benzene rings is 9. The Morgan fingerprint density at radius 1 is 0.338 bits per heavy atom. The van der Waals surface area contributed by atoms with Gasteiger partial charge in [-0.25, -0.2) is 15.0 Å². The van der Waals surface area contributed by atoms with E-state index in [9.17, 15) is 5.26 Å². The molecule has 68 heavy (non-hydrogen) atoms. The Labute approximate surface area is 394 Å². The van der Waals surface area contributed by atoms with Crippen LogP contribution in [0.5, 0.6) is 0 Å². The van der Waals surface area contributed by atoms with Crippen LogP contribution in [0.15, 0.2) is 194 Å². The highest BCUT2D eigenvalue weighted by Crippen LogP contribution is 2.43. The van der Waals surface area contributed by atoms with Crippen molar-refractivity contribution < 1.29 is 0 Å². The molecule has 9 aromatic carbocycles. The number of hydrogen-bond acceptors (Lipinski definition) is 4. The van der Waals surface area contributed by atoms with Gasteiger partial charge in [0.1, 0.15) is 0 Å². The monoisotopic (exact) mass is 872 g/mol. The Morgan fingerprint density at radius 2 is 0.691 bits per heavy atom. The van der Waals surface area contributed by atoms with Gasteiger partial charge in [-0.15, -0.1) is 0 Å². The minimum absolute atomic E-state index is 0.582. The predicted octanol–water partition coefficient (Wildman–Crippen LogP) is 15.5. The van der Waals surface area contributed by atoms with Crippen molar-refractivity contribution in [2.24, 2.45) is 0 Å². The highest BCUT2D eigenvalue weighted by atomic mass is 15.0. The molecule has 12 rings (SSSR count). The molecule has 0 N–H and O–H groups in total. The molecule has 0 saturated carbocycles. The lowest BCUT2D eigenvalue weighted by molar-refractivity contribution is 1.07. The number of aryl methyl sites for hydroxylation is 4. The summed E-state index contributed by atoms with van der Waals surface area (Å²) >= 11 is 0. The van der Waals surface area contributed by atoms with Crippen molar-refractivity contribution in [1.82, 2.24) is 24.1 Å². The highest BCUT2D eigenvalue weighted by Gasteiger charge is 2.22. The number of rotatable bonds is 7. The Bertz CT molecular complexity index is 3830. The average molecular weight is 873 g/mol. The van der Waals surface area contributed by atoms with Crippen molar-refractivity contribution >= 4 is 43.6 Å². The van der Waals surface area contributed by atoms with E-state index in [1.807, 2.05) is 72.8 Å². The van der Waals surface area contributed by atoms with Crippen LogP contribution in [-0.4, -0.2) is 24.1 Å². The third-order valence-corrected chi connectivity index (χ3v) is 13.2. The van der Waals surface area contributed by atoms with Gasteiger partial charge in [0.05, 0.1) is 45.1 Å². The van der Waals surface area contributed by atoms with Crippen molar-refractivity contribution in [2.45, 2.75) is 27.7 Å². The Kier molecular flexibility index (Phi) is 9.67. The summed E-state index contributed by atoms with van der Waals surface area (Å²) in [5, 5.41) is 14.7. The second-order valence-electron chi connectivity index (χ2n) is 17.9. The molecule has 322 valence electrons. The van der Waals surface area contributed by atoms with Gasteiger partial charge >= 0.3 is 0 Å². The summed E-state index contributed by atoms with van der Waals surface area (Å²) in [5.41, 5.74) is 18.9. The SMILES string of the molecule is Cc1ccc2c(c1)c1cc(C)ccc1n2-c1ccc(-c2nc(-c3ccccc3)nc(-c3ccccc3)n2)cc1-c1ccc(-n2c3ccc(C)cc3c3cc(C)ccc32)c(-c2ccc(C#N)cc2)c1. The summed E-state index contributed by atoms with van der Waals surface area (Å²) in [5.74, 6) is 1.80. The molecular weight excluding hydrogens is 829 g/mol. The number of nitriles is 1. The maximum atomic E-state index is 9.89. The summed E-state index contributed by atoms with van der Waals surface area (Å²) in [7, 11) is 0. The molecule has 0 amide bonds. The topological polar surface area (TPSA) is 72.3 Å². The lowest BCUT2D eigenvalue weighted by Crippen LogP contribution is -2.02. The van der Waals surface area contributed by atoms with Crippen molar-refractivity contribution in [1.29, 1.82) is 5.26 Å². The van der Waals surface area contributed by atoms with Crippen LogP contribution in [0.1, 0.15) is 27.8 Å². The molecule has 0 radical (unpaired) electrons. The van der Waals surface area contributed by atoms with E-state index in [0.29, 0.717) is 23.0 Å². The Balaban J connectivity index is 1.16. The van der Waals surface area contributed by atoms with E-state index in [0.717, 1.165) is 72.4 Å². The van der Waals surface area contributed by atoms with Crippen LogP contribution in [0.3, 0.4) is 0 Å². The first-order valence-corrected chi connectivity index (χ1v) is 23.0. The van der Waals surface area contributed by atoms with Gasteiger partial charge in [-0.05, 0) is 130 Å². The van der Waals surface area contributed by atoms with Gasteiger partial charge in [-0.2, -0.15) is 5.26 Å². The number of aromatic nitrogens is 5. The van der Waals surface area contributed by atoms with Crippen molar-refractivity contribution in [3.63, 3.8) is 0 Å². The minimum Gasteiger partial charge on any atom is -0.309 e. The summed E-state index contributed by atoms with van der Waals surface area (Å²) in [6.07, 6.45) is 0. The average Bonchev–Trinajstić information content (AvgIpc) is 3.86. The summed E-state index contributed by atoms with van der Waals surface area (Å²) in [6, 6.07) is 70.9. The fourth-order valence-corrected chi connectivity index (χ4v) is 9.91. The Hall–Kier alpha value is -8.92. The highest BCUT2D eigenvalue weighted by molar-refractivity contribution is 6.12. The fraction of sp³-hybridized carbons (Fsp3) is 0.0645. The zero-order valence-corrected chi connectivity index (χ0v) is 38.2. The van der Waals surface area contributed by atoms with Gasteiger partial charge in [0, 0.05) is 49.4 Å². The van der Waals surface area contributed by atoms with Crippen LogP contribution in [0.25, 0.3) is 111 Å². The molecule has 0 spiro atoms. The molecule has 0 saturated heterocycles. The zero-order chi connectivity index (χ0) is 46.0. The molecule has 0 aliphatic heterocycles. The summed E-state index contributed by atoms with van der Waals surface area (Å²) in [4.78, 5) is 15.4. The first-order valence-electron chi connectivity index (χ1n) is 23.0. The molecule has 0 atom stereocenters. The maximum Gasteiger partial charge on any atom is 0.164 e. The quantitative estimate of drug-likeness (QED) is 0.160. The second-order valence-corrected chi connectivity index (χ2v) is 17.9. The molecule has 3 heterocycles. The van der Waals surface area contributed by atoms with E-state index in [2.05, 4.69) is 164 Å². The van der Waals surface area contributed by atoms with Gasteiger partial charge in [0.2, 0.25) is 0 Å². The predicted molar refractivity (Wildman–Crippen MR) is 279 cm³/mol. The van der Waals surface area contributed by atoms with Gasteiger partial charge < -0.3 is 9.13 Å².